The van der Waals surface area contributed by atoms with Crippen LogP contribution >= 0.6 is 22.6 Å². The first kappa shape index (κ1) is 13.7. The molecule has 0 unspecified atom stereocenters. The molecule has 2 aromatic rings. The van der Waals surface area contributed by atoms with Crippen LogP contribution in [0.4, 0.5) is 25.0 Å². The lowest BCUT2D eigenvalue weighted by atomic mass is 10.3. The fourth-order valence-electron chi connectivity index (χ4n) is 1.41. The largest absolute Gasteiger partial charge is 0.323 e. The molecule has 0 saturated carbocycles. The third-order valence-corrected chi connectivity index (χ3v) is 3.00. The average Bonchev–Trinajstić information content (AvgIpc) is 2.37. The second-order valence-electron chi connectivity index (χ2n) is 3.71. The van der Waals surface area contributed by atoms with E-state index >= 15 is 0 Å². The van der Waals surface area contributed by atoms with Gasteiger partial charge in [0, 0.05) is 15.3 Å². The Bertz CT molecular complexity index is 602. The molecule has 0 aliphatic heterocycles. The van der Waals surface area contributed by atoms with E-state index in [1.54, 1.807) is 12.1 Å². The molecule has 0 aromatic heterocycles. The molecule has 0 spiro atoms. The van der Waals surface area contributed by atoms with E-state index in [4.69, 9.17) is 0 Å². The van der Waals surface area contributed by atoms with Crippen molar-refractivity contribution in [1.82, 2.24) is 0 Å². The summed E-state index contributed by atoms with van der Waals surface area (Å²) in [5.74, 6) is -1.31. The highest BCUT2D eigenvalue weighted by Gasteiger charge is 2.08. The highest BCUT2D eigenvalue weighted by molar-refractivity contribution is 14.1. The second-order valence-corrected chi connectivity index (χ2v) is 4.96. The monoisotopic (exact) mass is 374 g/mol. The number of carbonyl (C=O) groups is 1. The van der Waals surface area contributed by atoms with Crippen LogP contribution in [0.1, 0.15) is 0 Å². The van der Waals surface area contributed by atoms with Gasteiger partial charge in [-0.25, -0.2) is 13.6 Å². The van der Waals surface area contributed by atoms with E-state index in [0.29, 0.717) is 5.69 Å². The van der Waals surface area contributed by atoms with Gasteiger partial charge in [-0.15, -0.1) is 0 Å². The quantitative estimate of drug-likeness (QED) is 0.760. The molecule has 0 saturated heterocycles. The molecule has 19 heavy (non-hydrogen) atoms. The summed E-state index contributed by atoms with van der Waals surface area (Å²) in [4.78, 5) is 11.6. The Labute approximate surface area is 122 Å². The minimum atomic E-state index is -0.695. The van der Waals surface area contributed by atoms with Crippen molar-refractivity contribution in [3.8, 4) is 0 Å². The first-order valence-corrected chi connectivity index (χ1v) is 6.41. The van der Waals surface area contributed by atoms with Crippen molar-refractivity contribution in [1.29, 1.82) is 0 Å². The fourth-order valence-corrected chi connectivity index (χ4v) is 1.77. The number of amides is 2. The zero-order chi connectivity index (χ0) is 13.8. The Hall–Kier alpha value is -1.70. The summed E-state index contributed by atoms with van der Waals surface area (Å²) in [6, 6.07) is 9.28. The number of urea groups is 1. The van der Waals surface area contributed by atoms with Crippen molar-refractivity contribution >= 4 is 40.0 Å². The third kappa shape index (κ3) is 3.88. The Balaban J connectivity index is 2.05. The number of halogens is 3. The lowest BCUT2D eigenvalue weighted by Gasteiger charge is -2.08. The van der Waals surface area contributed by atoms with E-state index in [1.165, 1.54) is 0 Å². The summed E-state index contributed by atoms with van der Waals surface area (Å²) in [5, 5.41) is 4.77. The summed E-state index contributed by atoms with van der Waals surface area (Å²) in [7, 11) is 0. The minimum absolute atomic E-state index is 0.206. The van der Waals surface area contributed by atoms with Gasteiger partial charge in [-0.1, -0.05) is 0 Å². The number of hydrogen-bond donors (Lipinski definition) is 2. The molecular weight excluding hydrogens is 365 g/mol. The van der Waals surface area contributed by atoms with Gasteiger partial charge in [0.1, 0.15) is 11.6 Å². The summed E-state index contributed by atoms with van der Waals surface area (Å²) in [5.41, 5.74) is 0.359. The van der Waals surface area contributed by atoms with Gasteiger partial charge in [0.2, 0.25) is 0 Å². The van der Waals surface area contributed by atoms with Crippen LogP contribution in [0, 0.1) is 15.2 Å². The van der Waals surface area contributed by atoms with Gasteiger partial charge in [-0.2, -0.15) is 0 Å². The molecule has 2 amide bonds. The second kappa shape index (κ2) is 5.96. The van der Waals surface area contributed by atoms with Gasteiger partial charge in [0.05, 0.1) is 5.69 Å². The average molecular weight is 374 g/mol. The van der Waals surface area contributed by atoms with E-state index in [0.717, 1.165) is 21.8 Å². The summed E-state index contributed by atoms with van der Waals surface area (Å²) >= 11 is 2.14. The topological polar surface area (TPSA) is 41.1 Å². The number of rotatable bonds is 2. The molecule has 2 N–H and O–H groups in total. The van der Waals surface area contributed by atoms with Crippen molar-refractivity contribution in [2.45, 2.75) is 0 Å². The van der Waals surface area contributed by atoms with Crippen LogP contribution in [0.15, 0.2) is 42.5 Å². The molecule has 0 radical (unpaired) electrons. The summed E-state index contributed by atoms with van der Waals surface area (Å²) in [6.45, 7) is 0. The Morgan fingerprint density at radius 3 is 2.37 bits per heavy atom. The number of carbonyl (C=O) groups excluding carboxylic acids is 1. The van der Waals surface area contributed by atoms with E-state index in [1.807, 2.05) is 12.1 Å². The van der Waals surface area contributed by atoms with Crippen LogP contribution < -0.4 is 10.6 Å². The molecule has 0 aliphatic rings. The first-order valence-electron chi connectivity index (χ1n) is 5.33. The van der Waals surface area contributed by atoms with Gasteiger partial charge in [-0.05, 0) is 59.0 Å². The van der Waals surface area contributed by atoms with Crippen LogP contribution in [0.5, 0.6) is 0 Å². The van der Waals surface area contributed by atoms with Crippen LogP contribution in [0.3, 0.4) is 0 Å². The number of hydrogen-bond acceptors (Lipinski definition) is 1. The van der Waals surface area contributed by atoms with Gasteiger partial charge < -0.3 is 10.6 Å². The molecule has 0 fully saturated rings. The maximum Gasteiger partial charge on any atom is 0.323 e. The lowest BCUT2D eigenvalue weighted by Crippen LogP contribution is -2.20. The molecule has 6 heteroatoms. The van der Waals surface area contributed by atoms with E-state index < -0.39 is 17.7 Å². The summed E-state index contributed by atoms with van der Waals surface area (Å²) in [6.07, 6.45) is 0. The van der Waals surface area contributed by atoms with Crippen LogP contribution in [0.2, 0.25) is 0 Å². The molecule has 0 atom stereocenters. The third-order valence-electron chi connectivity index (χ3n) is 2.28. The standard InChI is InChI=1S/C13H9F2IN2O/c14-8-1-6-11(15)12(7-8)18-13(19)17-10-4-2-9(16)3-5-10/h1-7H,(H2,17,18,19). The van der Waals surface area contributed by atoms with Crippen LogP contribution in [0.25, 0.3) is 0 Å². The number of benzene rings is 2. The molecule has 0 bridgehead atoms. The van der Waals surface area contributed by atoms with Crippen molar-refractivity contribution in [2.75, 3.05) is 10.6 Å². The van der Waals surface area contributed by atoms with Gasteiger partial charge in [0.25, 0.3) is 0 Å². The van der Waals surface area contributed by atoms with E-state index in [-0.39, 0.29) is 5.69 Å². The number of anilines is 2. The predicted molar refractivity (Wildman–Crippen MR) is 78.2 cm³/mol. The van der Waals surface area contributed by atoms with Crippen molar-refractivity contribution < 1.29 is 13.6 Å². The van der Waals surface area contributed by atoms with E-state index in [2.05, 4.69) is 33.2 Å². The zero-order valence-electron chi connectivity index (χ0n) is 9.58. The van der Waals surface area contributed by atoms with Crippen LogP contribution in [-0.4, -0.2) is 6.03 Å². The van der Waals surface area contributed by atoms with Gasteiger partial charge >= 0.3 is 6.03 Å². The molecule has 98 valence electrons. The fraction of sp³-hybridized carbons (Fsp3) is 0. The Kier molecular flexibility index (Phi) is 4.31. The maximum absolute atomic E-state index is 13.3. The molecule has 2 aromatic carbocycles. The normalized spacial score (nSPS) is 10.1. The lowest BCUT2D eigenvalue weighted by molar-refractivity contribution is 0.262. The van der Waals surface area contributed by atoms with Gasteiger partial charge in [-0.3, -0.25) is 0 Å². The highest BCUT2D eigenvalue weighted by Crippen LogP contribution is 2.16. The van der Waals surface area contributed by atoms with Crippen molar-refractivity contribution in [2.24, 2.45) is 0 Å². The molecular formula is C13H9F2IN2O. The van der Waals surface area contributed by atoms with E-state index in [9.17, 15) is 13.6 Å². The zero-order valence-corrected chi connectivity index (χ0v) is 11.7. The minimum Gasteiger partial charge on any atom is -0.308 e. The van der Waals surface area contributed by atoms with Gasteiger partial charge in [0.15, 0.2) is 0 Å². The van der Waals surface area contributed by atoms with Crippen molar-refractivity contribution in [3.05, 3.63) is 57.7 Å². The molecule has 3 nitrogen and oxygen atoms in total. The Morgan fingerprint density at radius 1 is 1.00 bits per heavy atom. The highest BCUT2D eigenvalue weighted by atomic mass is 127. The Morgan fingerprint density at radius 2 is 1.68 bits per heavy atom. The first-order chi connectivity index (χ1) is 9.04. The predicted octanol–water partition coefficient (Wildman–Crippen LogP) is 4.21. The number of nitrogens with one attached hydrogen (secondary N) is 2. The van der Waals surface area contributed by atoms with Crippen molar-refractivity contribution in [3.63, 3.8) is 0 Å². The SMILES string of the molecule is O=C(Nc1ccc(I)cc1)Nc1cc(F)ccc1F. The maximum atomic E-state index is 13.3. The van der Waals surface area contributed by atoms with Crippen LogP contribution in [-0.2, 0) is 0 Å². The smallest absolute Gasteiger partial charge is 0.308 e. The summed E-state index contributed by atoms with van der Waals surface area (Å²) < 4.78 is 27.3. The molecule has 0 heterocycles. The molecule has 2 rings (SSSR count). The molecule has 0 aliphatic carbocycles.